The van der Waals surface area contributed by atoms with Crippen LogP contribution in [-0.4, -0.2) is 49.4 Å². The number of carbonyl (C=O) groups excluding carboxylic acids is 1. The van der Waals surface area contributed by atoms with Crippen LogP contribution in [0.5, 0.6) is 0 Å². The van der Waals surface area contributed by atoms with Crippen molar-refractivity contribution in [2.24, 2.45) is 5.92 Å². The van der Waals surface area contributed by atoms with Crippen LogP contribution in [0.15, 0.2) is 0 Å². The molecule has 0 aromatic heterocycles. The second-order valence-electron chi connectivity index (χ2n) is 7.20. The van der Waals surface area contributed by atoms with Crippen LogP contribution in [0.25, 0.3) is 0 Å². The van der Waals surface area contributed by atoms with Crippen molar-refractivity contribution in [3.05, 3.63) is 0 Å². The molecule has 5 nitrogen and oxygen atoms in total. The summed E-state index contributed by atoms with van der Waals surface area (Å²) in [6.45, 7) is 12.5. The molecule has 1 saturated carbocycles. The molecule has 1 rings (SSSR count). The molecular formula is C14H28O5Si. The van der Waals surface area contributed by atoms with Gasteiger partial charge in [-0.3, -0.25) is 4.79 Å². The molecule has 1 fully saturated rings. The maximum atomic E-state index is 11.0. The maximum absolute atomic E-state index is 11.0. The Labute approximate surface area is 122 Å². The third-order valence-corrected chi connectivity index (χ3v) is 9.03. The first-order chi connectivity index (χ1) is 8.95. The van der Waals surface area contributed by atoms with Crippen molar-refractivity contribution in [1.82, 2.24) is 0 Å². The predicted octanol–water partition coefficient (Wildman–Crippen LogP) is 1.68. The van der Waals surface area contributed by atoms with E-state index in [1.807, 2.05) is 0 Å². The lowest BCUT2D eigenvalue weighted by molar-refractivity contribution is -0.152. The minimum atomic E-state index is -1.88. The lowest BCUT2D eigenvalue weighted by Gasteiger charge is -2.37. The molecule has 4 atom stereocenters. The van der Waals surface area contributed by atoms with Gasteiger partial charge in [-0.05, 0) is 24.6 Å². The second-order valence-corrected chi connectivity index (χ2v) is 12.0. The average Bonchev–Trinajstić information content (AvgIpc) is 2.52. The van der Waals surface area contributed by atoms with E-state index in [0.29, 0.717) is 13.0 Å². The number of hydrogen-bond acceptors (Lipinski definition) is 5. The van der Waals surface area contributed by atoms with Crippen LogP contribution in [0.2, 0.25) is 18.1 Å². The minimum absolute atomic E-state index is 0.102. The fourth-order valence-corrected chi connectivity index (χ4v) is 3.17. The molecule has 1 aliphatic rings. The van der Waals surface area contributed by atoms with Crippen molar-refractivity contribution < 1.29 is 24.2 Å². The largest absolute Gasteiger partial charge is 0.460 e. The average molecular weight is 304 g/mol. The monoisotopic (exact) mass is 304 g/mol. The molecule has 0 saturated heterocycles. The summed E-state index contributed by atoms with van der Waals surface area (Å²) in [5, 5.41) is 20.0. The Morgan fingerprint density at radius 1 is 1.25 bits per heavy atom. The van der Waals surface area contributed by atoms with Crippen LogP contribution >= 0.6 is 0 Å². The van der Waals surface area contributed by atoms with Gasteiger partial charge < -0.3 is 19.4 Å². The second kappa shape index (κ2) is 6.13. The lowest BCUT2D eigenvalue weighted by Crippen LogP contribution is -2.43. The highest BCUT2D eigenvalue weighted by atomic mass is 28.4. The molecule has 20 heavy (non-hydrogen) atoms. The Bertz CT molecular complexity index is 350. The fraction of sp³-hybridized carbons (Fsp3) is 0.929. The molecule has 0 aliphatic heterocycles. The highest BCUT2D eigenvalue weighted by molar-refractivity contribution is 6.74. The first-order valence-electron chi connectivity index (χ1n) is 7.13. The highest BCUT2D eigenvalue weighted by Crippen LogP contribution is 2.38. The summed E-state index contributed by atoms with van der Waals surface area (Å²) >= 11 is 0. The van der Waals surface area contributed by atoms with E-state index in [4.69, 9.17) is 9.16 Å². The van der Waals surface area contributed by atoms with Crippen molar-refractivity contribution in [2.75, 3.05) is 6.61 Å². The number of carbonyl (C=O) groups is 1. The van der Waals surface area contributed by atoms with Crippen molar-refractivity contribution in [2.45, 2.75) is 70.6 Å². The summed E-state index contributed by atoms with van der Waals surface area (Å²) in [7, 11) is -1.88. The number of hydrogen-bond donors (Lipinski definition) is 2. The van der Waals surface area contributed by atoms with Gasteiger partial charge in [0.1, 0.15) is 12.2 Å². The summed E-state index contributed by atoms with van der Waals surface area (Å²) in [5.74, 6) is -0.629. The van der Waals surface area contributed by atoms with Gasteiger partial charge in [-0.15, -0.1) is 0 Å². The van der Waals surface area contributed by atoms with Gasteiger partial charge in [-0.1, -0.05) is 20.8 Å². The van der Waals surface area contributed by atoms with Gasteiger partial charge >= 0.3 is 5.97 Å². The molecule has 0 heterocycles. The first-order valence-corrected chi connectivity index (χ1v) is 10.0. The molecule has 0 aromatic carbocycles. The van der Waals surface area contributed by atoms with Gasteiger partial charge in [0.2, 0.25) is 0 Å². The number of rotatable bonds is 4. The molecule has 0 radical (unpaired) electrons. The third kappa shape index (κ3) is 4.04. The highest BCUT2D eigenvalue weighted by Gasteiger charge is 2.45. The summed E-state index contributed by atoms with van der Waals surface area (Å²) in [5.41, 5.74) is 0. The molecule has 118 valence electrons. The van der Waals surface area contributed by atoms with Gasteiger partial charge in [0.05, 0.1) is 6.10 Å². The van der Waals surface area contributed by atoms with Crippen molar-refractivity contribution >= 4 is 14.3 Å². The van der Waals surface area contributed by atoms with E-state index in [9.17, 15) is 15.0 Å². The Hall–Kier alpha value is -0.433. The van der Waals surface area contributed by atoms with Crippen LogP contribution in [0.4, 0.5) is 0 Å². The van der Waals surface area contributed by atoms with Crippen LogP contribution in [0, 0.1) is 5.92 Å². The van der Waals surface area contributed by atoms with E-state index in [1.165, 1.54) is 6.92 Å². The maximum Gasteiger partial charge on any atom is 0.302 e. The molecule has 0 aromatic rings. The summed E-state index contributed by atoms with van der Waals surface area (Å²) in [6.07, 6.45) is -2.11. The number of aliphatic hydroxyl groups excluding tert-OH is 2. The first kappa shape index (κ1) is 17.6. The lowest BCUT2D eigenvalue weighted by atomic mass is 10.1. The summed E-state index contributed by atoms with van der Waals surface area (Å²) in [4.78, 5) is 11.0. The van der Waals surface area contributed by atoms with Gasteiger partial charge in [0.25, 0.3) is 0 Å². The van der Waals surface area contributed by atoms with Crippen molar-refractivity contribution in [3.8, 4) is 0 Å². The van der Waals surface area contributed by atoms with E-state index >= 15 is 0 Å². The van der Waals surface area contributed by atoms with E-state index in [-0.39, 0.29) is 11.0 Å². The topological polar surface area (TPSA) is 76.0 Å². The van der Waals surface area contributed by atoms with Gasteiger partial charge in [-0.2, -0.15) is 0 Å². The Balaban J connectivity index is 2.59. The minimum Gasteiger partial charge on any atom is -0.460 e. The van der Waals surface area contributed by atoms with E-state index in [0.717, 1.165) is 0 Å². The number of esters is 1. The summed E-state index contributed by atoms with van der Waals surface area (Å²) in [6, 6.07) is 0. The van der Waals surface area contributed by atoms with E-state index < -0.39 is 32.6 Å². The molecule has 0 amide bonds. The zero-order valence-corrected chi connectivity index (χ0v) is 14.3. The molecule has 6 heteroatoms. The van der Waals surface area contributed by atoms with E-state index in [1.54, 1.807) is 0 Å². The van der Waals surface area contributed by atoms with Gasteiger partial charge in [0, 0.05) is 19.4 Å². The zero-order chi connectivity index (χ0) is 15.7. The normalized spacial score (nSPS) is 31.4. The quantitative estimate of drug-likeness (QED) is 0.610. The zero-order valence-electron chi connectivity index (χ0n) is 13.3. The van der Waals surface area contributed by atoms with Crippen LogP contribution in [0.3, 0.4) is 0 Å². The molecule has 2 N–H and O–H groups in total. The summed E-state index contributed by atoms with van der Waals surface area (Å²) < 4.78 is 11.1. The van der Waals surface area contributed by atoms with Gasteiger partial charge in [-0.25, -0.2) is 0 Å². The van der Waals surface area contributed by atoms with Crippen LogP contribution < -0.4 is 0 Å². The molecule has 0 spiro atoms. The number of aliphatic hydroxyl groups is 2. The Kier molecular flexibility index (Phi) is 5.40. The van der Waals surface area contributed by atoms with Crippen LogP contribution in [0.1, 0.15) is 34.1 Å². The predicted molar refractivity (Wildman–Crippen MR) is 78.8 cm³/mol. The Morgan fingerprint density at radius 2 is 1.80 bits per heavy atom. The van der Waals surface area contributed by atoms with E-state index in [2.05, 4.69) is 33.9 Å². The third-order valence-electron chi connectivity index (χ3n) is 4.53. The van der Waals surface area contributed by atoms with Crippen molar-refractivity contribution in [3.63, 3.8) is 0 Å². The molecule has 0 bridgehead atoms. The molecule has 0 unspecified atom stereocenters. The smallest absolute Gasteiger partial charge is 0.302 e. The van der Waals surface area contributed by atoms with Crippen molar-refractivity contribution in [1.29, 1.82) is 0 Å². The Morgan fingerprint density at radius 3 is 2.25 bits per heavy atom. The molecule has 1 aliphatic carbocycles. The molecular weight excluding hydrogens is 276 g/mol. The van der Waals surface area contributed by atoms with Crippen LogP contribution in [-0.2, 0) is 14.0 Å². The van der Waals surface area contributed by atoms with Gasteiger partial charge in [0.15, 0.2) is 8.32 Å². The SMILES string of the molecule is CC(=O)O[C@@H]1C[C@H](CO[Si](C)(C)C(C)(C)C)[C@@H](O)[C@H]1O. The standard InChI is InChI=1S/C14H28O5Si/c1-9(15)19-11-7-10(12(16)13(11)17)8-18-20(5,6)14(2,3)4/h10-13,16-17H,7-8H2,1-6H3/t10-,11-,12-,13+/m1/s1. The number of ether oxygens (including phenoxy) is 1. The fourth-order valence-electron chi connectivity index (χ4n) is 2.11.